The van der Waals surface area contributed by atoms with Gasteiger partial charge in [-0.25, -0.2) is 0 Å². The summed E-state index contributed by atoms with van der Waals surface area (Å²) in [6, 6.07) is 16.4. The zero-order valence-electron chi connectivity index (χ0n) is 16.3. The molecule has 1 saturated heterocycles. The van der Waals surface area contributed by atoms with Gasteiger partial charge in [0.05, 0.1) is 4.90 Å². The molecule has 1 aliphatic heterocycles. The molecule has 0 spiro atoms. The molecule has 6 nitrogen and oxygen atoms in total. The van der Waals surface area contributed by atoms with Gasteiger partial charge in [0, 0.05) is 12.5 Å². The monoisotopic (exact) mass is 404 g/mol. The standard InChI is InChI=1S/C14H20N2O.C7H8O3S/c1-12(17)16-14(7-9-15-10-8-14)11-13-5-3-2-4-6-13;1-6-2-4-7(5-3-6)11(8,9)10/h2-6,15H,7-11H2,1H3,(H,16,17);2-5H,1H3,(H,8,9,10). The van der Waals surface area contributed by atoms with E-state index in [-0.39, 0.29) is 16.3 Å². The van der Waals surface area contributed by atoms with Crippen LogP contribution >= 0.6 is 0 Å². The molecule has 0 aliphatic carbocycles. The van der Waals surface area contributed by atoms with E-state index in [2.05, 4.69) is 34.9 Å². The van der Waals surface area contributed by atoms with Crippen molar-refractivity contribution < 1.29 is 17.8 Å². The number of piperidine rings is 1. The first kappa shape index (κ1) is 22.1. The zero-order chi connectivity index (χ0) is 20.6. The van der Waals surface area contributed by atoms with Crippen molar-refractivity contribution >= 4 is 16.0 Å². The Labute approximate surface area is 167 Å². The fraction of sp³-hybridized carbons (Fsp3) is 0.381. The van der Waals surface area contributed by atoms with Crippen molar-refractivity contribution in [2.24, 2.45) is 0 Å². The Morgan fingerprint density at radius 1 is 1.07 bits per heavy atom. The van der Waals surface area contributed by atoms with E-state index in [4.69, 9.17) is 4.55 Å². The number of carbonyl (C=O) groups is 1. The molecule has 1 aliphatic rings. The smallest absolute Gasteiger partial charge is 0.294 e. The predicted octanol–water partition coefficient (Wildman–Crippen LogP) is 2.73. The maximum Gasteiger partial charge on any atom is 0.294 e. The Balaban J connectivity index is 0.000000221. The van der Waals surface area contributed by atoms with Gasteiger partial charge in [0.15, 0.2) is 0 Å². The van der Waals surface area contributed by atoms with Crippen molar-refractivity contribution in [1.29, 1.82) is 0 Å². The van der Waals surface area contributed by atoms with Crippen LogP contribution in [0, 0.1) is 6.92 Å². The molecule has 0 radical (unpaired) electrons. The summed E-state index contributed by atoms with van der Waals surface area (Å²) in [7, 11) is -4.02. The summed E-state index contributed by atoms with van der Waals surface area (Å²) in [4.78, 5) is 11.3. The van der Waals surface area contributed by atoms with Gasteiger partial charge in [-0.2, -0.15) is 8.42 Å². The highest BCUT2D eigenvalue weighted by Crippen LogP contribution is 2.23. The van der Waals surface area contributed by atoms with Crippen LogP contribution in [0.15, 0.2) is 59.5 Å². The predicted molar refractivity (Wildman–Crippen MR) is 110 cm³/mol. The van der Waals surface area contributed by atoms with Crippen LogP contribution in [0.3, 0.4) is 0 Å². The molecule has 152 valence electrons. The molecule has 1 fully saturated rings. The fourth-order valence-corrected chi connectivity index (χ4v) is 3.80. The van der Waals surface area contributed by atoms with E-state index in [0.29, 0.717) is 0 Å². The lowest BCUT2D eigenvalue weighted by molar-refractivity contribution is -0.121. The lowest BCUT2D eigenvalue weighted by Crippen LogP contribution is -2.55. The van der Waals surface area contributed by atoms with Crippen molar-refractivity contribution in [2.45, 2.75) is 43.5 Å². The Morgan fingerprint density at radius 3 is 2.14 bits per heavy atom. The van der Waals surface area contributed by atoms with Crippen LogP contribution in [0.4, 0.5) is 0 Å². The van der Waals surface area contributed by atoms with E-state index in [1.807, 2.05) is 13.0 Å². The Hall–Kier alpha value is -2.22. The average molecular weight is 405 g/mol. The van der Waals surface area contributed by atoms with Crippen LogP contribution < -0.4 is 10.6 Å². The van der Waals surface area contributed by atoms with Crippen molar-refractivity contribution in [3.63, 3.8) is 0 Å². The van der Waals surface area contributed by atoms with Crippen LogP contribution in [-0.4, -0.2) is 37.5 Å². The molecule has 1 amide bonds. The largest absolute Gasteiger partial charge is 0.350 e. The molecular weight excluding hydrogens is 376 g/mol. The molecule has 3 N–H and O–H groups in total. The second kappa shape index (κ2) is 9.82. The Bertz CT molecular complexity index is 859. The molecule has 0 saturated carbocycles. The maximum absolute atomic E-state index is 11.4. The minimum absolute atomic E-state index is 0.0571. The van der Waals surface area contributed by atoms with Crippen LogP contribution in [-0.2, 0) is 21.3 Å². The molecule has 0 aromatic heterocycles. The van der Waals surface area contributed by atoms with Crippen molar-refractivity contribution in [1.82, 2.24) is 10.6 Å². The highest BCUT2D eigenvalue weighted by molar-refractivity contribution is 7.85. The molecule has 3 rings (SSSR count). The van der Waals surface area contributed by atoms with Gasteiger partial charge in [0.1, 0.15) is 0 Å². The second-order valence-corrected chi connectivity index (χ2v) is 8.58. The van der Waals surface area contributed by atoms with Crippen LogP contribution in [0.1, 0.15) is 30.9 Å². The third kappa shape index (κ3) is 7.07. The van der Waals surface area contributed by atoms with Crippen molar-refractivity contribution in [3.8, 4) is 0 Å². The summed E-state index contributed by atoms with van der Waals surface area (Å²) in [5.41, 5.74) is 2.19. The molecule has 0 bridgehead atoms. The van der Waals surface area contributed by atoms with Crippen LogP contribution in [0.25, 0.3) is 0 Å². The van der Waals surface area contributed by atoms with E-state index >= 15 is 0 Å². The van der Waals surface area contributed by atoms with E-state index in [1.54, 1.807) is 19.1 Å². The molecule has 2 aromatic rings. The van der Waals surface area contributed by atoms with Gasteiger partial charge in [-0.3, -0.25) is 9.35 Å². The maximum atomic E-state index is 11.4. The third-order valence-corrected chi connectivity index (χ3v) is 5.57. The summed E-state index contributed by atoms with van der Waals surface area (Å²) in [6.45, 7) is 5.41. The Kier molecular flexibility index (Phi) is 7.74. The number of amides is 1. The summed E-state index contributed by atoms with van der Waals surface area (Å²) in [6.07, 6.45) is 2.93. The number of nitrogens with one attached hydrogen (secondary N) is 2. The number of rotatable bonds is 4. The topological polar surface area (TPSA) is 95.5 Å². The zero-order valence-corrected chi connectivity index (χ0v) is 17.1. The normalized spacial score (nSPS) is 15.8. The molecular formula is C21H28N2O4S. The first-order valence-electron chi connectivity index (χ1n) is 9.28. The van der Waals surface area contributed by atoms with E-state index in [9.17, 15) is 13.2 Å². The summed E-state index contributed by atoms with van der Waals surface area (Å²) >= 11 is 0. The SMILES string of the molecule is CC(=O)NC1(Cc2ccccc2)CCNCC1.Cc1ccc(S(=O)(=O)O)cc1. The van der Waals surface area contributed by atoms with Crippen LogP contribution in [0.2, 0.25) is 0 Å². The van der Waals surface area contributed by atoms with Gasteiger partial charge in [0.25, 0.3) is 10.1 Å². The molecule has 0 unspecified atom stereocenters. The Morgan fingerprint density at radius 2 is 1.64 bits per heavy atom. The molecule has 7 heteroatoms. The van der Waals surface area contributed by atoms with Crippen LogP contribution in [0.5, 0.6) is 0 Å². The van der Waals surface area contributed by atoms with Gasteiger partial charge in [-0.05, 0) is 57.0 Å². The number of hydrogen-bond acceptors (Lipinski definition) is 4. The van der Waals surface area contributed by atoms with E-state index < -0.39 is 10.1 Å². The molecule has 1 heterocycles. The van der Waals surface area contributed by atoms with Gasteiger partial charge in [0.2, 0.25) is 5.91 Å². The summed E-state index contributed by atoms with van der Waals surface area (Å²) in [5.74, 6) is 0.0721. The first-order valence-corrected chi connectivity index (χ1v) is 10.7. The summed E-state index contributed by atoms with van der Waals surface area (Å²) < 4.78 is 29.6. The van der Waals surface area contributed by atoms with Crippen molar-refractivity contribution in [3.05, 3.63) is 65.7 Å². The van der Waals surface area contributed by atoms with Gasteiger partial charge in [-0.15, -0.1) is 0 Å². The van der Waals surface area contributed by atoms with E-state index in [1.165, 1.54) is 17.7 Å². The van der Waals surface area contributed by atoms with Gasteiger partial charge in [-0.1, -0.05) is 48.0 Å². The number of aryl methyl sites for hydroxylation is 1. The fourth-order valence-electron chi connectivity index (χ4n) is 3.32. The number of hydrogen-bond donors (Lipinski definition) is 3. The summed E-state index contributed by atoms with van der Waals surface area (Å²) in [5, 5.41) is 6.51. The minimum Gasteiger partial charge on any atom is -0.350 e. The lowest BCUT2D eigenvalue weighted by Gasteiger charge is -2.38. The minimum atomic E-state index is -4.02. The number of benzene rings is 2. The quantitative estimate of drug-likeness (QED) is 0.681. The lowest BCUT2D eigenvalue weighted by atomic mass is 9.82. The van der Waals surface area contributed by atoms with E-state index in [0.717, 1.165) is 37.9 Å². The molecule has 28 heavy (non-hydrogen) atoms. The van der Waals surface area contributed by atoms with Gasteiger partial charge < -0.3 is 10.6 Å². The first-order chi connectivity index (χ1) is 13.2. The highest BCUT2D eigenvalue weighted by atomic mass is 32.2. The highest BCUT2D eigenvalue weighted by Gasteiger charge is 2.32. The average Bonchev–Trinajstić information content (AvgIpc) is 2.62. The third-order valence-electron chi connectivity index (χ3n) is 4.71. The second-order valence-electron chi connectivity index (χ2n) is 7.16. The number of carbonyl (C=O) groups excluding carboxylic acids is 1. The molecule has 0 atom stereocenters. The van der Waals surface area contributed by atoms with Gasteiger partial charge >= 0.3 is 0 Å². The van der Waals surface area contributed by atoms with Crippen molar-refractivity contribution in [2.75, 3.05) is 13.1 Å². The molecule has 2 aromatic carbocycles.